The molecule has 1 aliphatic carbocycles. The van der Waals surface area contributed by atoms with E-state index >= 15 is 0 Å². The number of piperidine rings is 1. The highest BCUT2D eigenvalue weighted by Crippen LogP contribution is 2.45. The van der Waals surface area contributed by atoms with Crippen molar-refractivity contribution in [1.82, 2.24) is 15.5 Å². The molecule has 0 aromatic carbocycles. The van der Waals surface area contributed by atoms with Crippen molar-refractivity contribution in [2.75, 3.05) is 13.2 Å². The molecule has 0 unspecified atom stereocenters. The monoisotopic (exact) mass is 285 g/mol. The minimum atomic E-state index is 0.496. The van der Waals surface area contributed by atoms with Crippen LogP contribution in [0.4, 0.5) is 0 Å². The van der Waals surface area contributed by atoms with Crippen LogP contribution < -0.4 is 10.1 Å². The Morgan fingerprint density at radius 1 is 1.38 bits per heavy atom. The molecule has 0 bridgehead atoms. The SMILES string of the molecule is CCc1cc(-c2cncc(OC[C@H]3NC[C@@H]4C[C@@H]43)c2)on1. The summed E-state index contributed by atoms with van der Waals surface area (Å²) in [6, 6.07) is 4.41. The molecule has 110 valence electrons. The van der Waals surface area contributed by atoms with Crippen molar-refractivity contribution < 1.29 is 9.26 Å². The average molecular weight is 285 g/mol. The summed E-state index contributed by atoms with van der Waals surface area (Å²) in [7, 11) is 0. The van der Waals surface area contributed by atoms with Crippen LogP contribution in [0.15, 0.2) is 29.0 Å². The summed E-state index contributed by atoms with van der Waals surface area (Å²) >= 11 is 0. The van der Waals surface area contributed by atoms with Crippen LogP contribution in [0, 0.1) is 11.8 Å². The van der Waals surface area contributed by atoms with Gasteiger partial charge in [0.1, 0.15) is 12.4 Å². The lowest BCUT2D eigenvalue weighted by molar-refractivity contribution is 0.263. The summed E-state index contributed by atoms with van der Waals surface area (Å²) < 4.78 is 11.2. The molecule has 0 spiro atoms. The van der Waals surface area contributed by atoms with Gasteiger partial charge in [-0.1, -0.05) is 12.1 Å². The molecule has 5 heteroatoms. The van der Waals surface area contributed by atoms with Crippen LogP contribution in [0.1, 0.15) is 19.0 Å². The molecular formula is C16H19N3O2. The number of aryl methyl sites for hydroxylation is 1. The molecule has 2 aromatic heterocycles. The van der Waals surface area contributed by atoms with Crippen molar-refractivity contribution in [3.63, 3.8) is 0 Å². The van der Waals surface area contributed by atoms with Gasteiger partial charge in [0.2, 0.25) is 0 Å². The van der Waals surface area contributed by atoms with Gasteiger partial charge in [-0.25, -0.2) is 0 Å². The Hall–Kier alpha value is -1.88. The van der Waals surface area contributed by atoms with Gasteiger partial charge in [-0.05, 0) is 37.3 Å². The summed E-state index contributed by atoms with van der Waals surface area (Å²) in [4.78, 5) is 4.24. The Labute approximate surface area is 123 Å². The van der Waals surface area contributed by atoms with Gasteiger partial charge >= 0.3 is 0 Å². The lowest BCUT2D eigenvalue weighted by Gasteiger charge is -2.14. The van der Waals surface area contributed by atoms with Gasteiger partial charge in [-0.2, -0.15) is 0 Å². The van der Waals surface area contributed by atoms with Crippen LogP contribution in [0.5, 0.6) is 5.75 Å². The molecule has 2 aromatic rings. The van der Waals surface area contributed by atoms with E-state index < -0.39 is 0 Å². The molecule has 5 nitrogen and oxygen atoms in total. The zero-order chi connectivity index (χ0) is 14.2. The van der Waals surface area contributed by atoms with E-state index in [9.17, 15) is 0 Å². The Balaban J connectivity index is 1.44. The number of rotatable bonds is 5. The number of ether oxygens (including phenoxy) is 1. The van der Waals surface area contributed by atoms with Crippen molar-refractivity contribution in [2.24, 2.45) is 11.8 Å². The third-order valence-corrected chi connectivity index (χ3v) is 4.48. The molecule has 21 heavy (non-hydrogen) atoms. The second-order valence-electron chi connectivity index (χ2n) is 5.93. The summed E-state index contributed by atoms with van der Waals surface area (Å²) in [6.45, 7) is 3.91. The van der Waals surface area contributed by atoms with Gasteiger partial charge in [0.25, 0.3) is 0 Å². The molecule has 2 aliphatic rings. The van der Waals surface area contributed by atoms with Gasteiger partial charge in [-0.15, -0.1) is 0 Å². The van der Waals surface area contributed by atoms with E-state index in [2.05, 4.69) is 22.4 Å². The maximum atomic E-state index is 5.90. The van der Waals surface area contributed by atoms with Crippen molar-refractivity contribution in [2.45, 2.75) is 25.8 Å². The second-order valence-corrected chi connectivity index (χ2v) is 5.93. The van der Waals surface area contributed by atoms with Gasteiger partial charge in [-0.3, -0.25) is 4.98 Å². The molecule has 3 atom stereocenters. The Morgan fingerprint density at radius 2 is 2.33 bits per heavy atom. The second kappa shape index (κ2) is 5.15. The van der Waals surface area contributed by atoms with Gasteiger partial charge in [0.05, 0.1) is 11.9 Å². The molecule has 0 radical (unpaired) electrons. The highest BCUT2D eigenvalue weighted by atomic mass is 16.5. The predicted molar refractivity (Wildman–Crippen MR) is 78.0 cm³/mol. The number of nitrogens with one attached hydrogen (secondary N) is 1. The lowest BCUT2D eigenvalue weighted by atomic mass is 10.2. The average Bonchev–Trinajstić information content (AvgIpc) is 2.98. The van der Waals surface area contributed by atoms with Crippen LogP contribution >= 0.6 is 0 Å². The van der Waals surface area contributed by atoms with Crippen molar-refractivity contribution in [3.8, 4) is 17.1 Å². The minimum absolute atomic E-state index is 0.496. The molecular weight excluding hydrogens is 266 g/mol. The van der Waals surface area contributed by atoms with Crippen LogP contribution in [0.2, 0.25) is 0 Å². The Morgan fingerprint density at radius 3 is 3.05 bits per heavy atom. The normalized spacial score (nSPS) is 26.6. The first-order valence-electron chi connectivity index (χ1n) is 7.60. The largest absolute Gasteiger partial charge is 0.490 e. The summed E-state index contributed by atoms with van der Waals surface area (Å²) in [5, 5.41) is 7.52. The van der Waals surface area contributed by atoms with E-state index in [1.807, 2.05) is 12.1 Å². The molecule has 1 saturated heterocycles. The number of fused-ring (bicyclic) bond motifs is 1. The molecule has 0 amide bonds. The number of pyridine rings is 1. The Bertz CT molecular complexity index is 640. The van der Waals surface area contributed by atoms with Crippen LogP contribution in [0.3, 0.4) is 0 Å². The predicted octanol–water partition coefficient (Wildman–Crippen LogP) is 2.29. The van der Waals surface area contributed by atoms with Crippen molar-refractivity contribution in [1.29, 1.82) is 0 Å². The number of nitrogens with zero attached hydrogens (tertiary/aromatic N) is 2. The van der Waals surface area contributed by atoms with Gasteiger partial charge in [0, 0.05) is 23.9 Å². The fourth-order valence-corrected chi connectivity index (χ4v) is 3.07. The van der Waals surface area contributed by atoms with Crippen LogP contribution in [-0.4, -0.2) is 29.3 Å². The first kappa shape index (κ1) is 12.8. The topological polar surface area (TPSA) is 60.2 Å². The standard InChI is InChI=1S/C16H19N3O2/c1-2-12-5-16(21-19-12)11-3-13(8-17-6-11)20-9-15-14-4-10(14)7-18-15/h3,5-6,8,10,14-15,18H,2,4,7,9H2,1H3/t10-,14-,15+/m0/s1. The highest BCUT2D eigenvalue weighted by molar-refractivity contribution is 5.57. The number of hydrogen-bond acceptors (Lipinski definition) is 5. The summed E-state index contributed by atoms with van der Waals surface area (Å²) in [5.41, 5.74) is 1.86. The van der Waals surface area contributed by atoms with Gasteiger partial charge in [0.15, 0.2) is 5.76 Å². The zero-order valence-corrected chi connectivity index (χ0v) is 12.1. The lowest BCUT2D eigenvalue weighted by Crippen LogP contribution is -2.32. The fourth-order valence-electron chi connectivity index (χ4n) is 3.07. The maximum Gasteiger partial charge on any atom is 0.168 e. The van der Waals surface area contributed by atoms with Crippen LogP contribution in [-0.2, 0) is 6.42 Å². The van der Waals surface area contributed by atoms with E-state index in [0.717, 1.165) is 47.6 Å². The third kappa shape index (κ3) is 2.53. The van der Waals surface area contributed by atoms with E-state index in [1.165, 1.54) is 6.42 Å². The molecule has 1 aliphatic heterocycles. The smallest absolute Gasteiger partial charge is 0.168 e. The molecule has 3 heterocycles. The first-order valence-corrected chi connectivity index (χ1v) is 7.60. The van der Waals surface area contributed by atoms with Crippen molar-refractivity contribution >= 4 is 0 Å². The van der Waals surface area contributed by atoms with E-state index in [-0.39, 0.29) is 0 Å². The van der Waals surface area contributed by atoms with E-state index in [4.69, 9.17) is 9.26 Å². The molecule has 1 N–H and O–H groups in total. The number of aromatic nitrogens is 2. The first-order chi connectivity index (χ1) is 10.3. The summed E-state index contributed by atoms with van der Waals surface area (Å²) in [6.07, 6.45) is 5.75. The maximum absolute atomic E-state index is 5.90. The van der Waals surface area contributed by atoms with E-state index in [0.29, 0.717) is 12.6 Å². The molecule has 4 rings (SSSR count). The molecule has 1 saturated carbocycles. The quantitative estimate of drug-likeness (QED) is 0.913. The van der Waals surface area contributed by atoms with Crippen LogP contribution in [0.25, 0.3) is 11.3 Å². The fraction of sp³-hybridized carbons (Fsp3) is 0.500. The third-order valence-electron chi connectivity index (χ3n) is 4.48. The summed E-state index contributed by atoms with van der Waals surface area (Å²) in [5.74, 6) is 3.24. The van der Waals surface area contributed by atoms with E-state index in [1.54, 1.807) is 12.4 Å². The highest BCUT2D eigenvalue weighted by Gasteiger charge is 2.48. The zero-order valence-electron chi connectivity index (χ0n) is 12.1. The van der Waals surface area contributed by atoms with Gasteiger partial charge < -0.3 is 14.6 Å². The number of hydrogen-bond donors (Lipinski definition) is 1. The Kier molecular flexibility index (Phi) is 3.15. The minimum Gasteiger partial charge on any atom is -0.490 e. The van der Waals surface area contributed by atoms with Crippen molar-refractivity contribution in [3.05, 3.63) is 30.2 Å². The molecule has 2 fully saturated rings.